The second-order valence-corrected chi connectivity index (χ2v) is 9.20. The van der Waals surface area contributed by atoms with E-state index >= 15 is 0 Å². The lowest BCUT2D eigenvalue weighted by Gasteiger charge is -2.26. The molecule has 1 saturated heterocycles. The van der Waals surface area contributed by atoms with Gasteiger partial charge in [0.05, 0.1) is 46.7 Å². The van der Waals surface area contributed by atoms with Crippen LogP contribution in [0.3, 0.4) is 0 Å². The van der Waals surface area contributed by atoms with Crippen molar-refractivity contribution >= 4 is 34.2 Å². The Labute approximate surface area is 225 Å². The van der Waals surface area contributed by atoms with Crippen molar-refractivity contribution in [2.75, 3.05) is 31.6 Å². The van der Waals surface area contributed by atoms with Crippen LogP contribution in [0.1, 0.15) is 21.6 Å². The van der Waals surface area contributed by atoms with Crippen LogP contribution in [0.5, 0.6) is 11.5 Å². The molecule has 4 aromatic rings. The van der Waals surface area contributed by atoms with Crippen LogP contribution in [0.25, 0.3) is 11.0 Å². The van der Waals surface area contributed by atoms with Crippen LogP contribution >= 0.6 is 11.6 Å². The van der Waals surface area contributed by atoms with Crippen molar-refractivity contribution in [3.8, 4) is 11.5 Å². The Morgan fingerprint density at radius 1 is 1.05 bits per heavy atom. The number of halogens is 5. The molecule has 7 nitrogen and oxygen atoms in total. The molecule has 1 aromatic heterocycles. The Hall–Kier alpha value is -3.80. The van der Waals surface area contributed by atoms with Crippen LogP contribution in [0.2, 0.25) is 5.02 Å². The number of anilines is 1. The number of morpholine rings is 1. The number of hydrogen-bond acceptors (Lipinski definition) is 6. The third-order valence-corrected chi connectivity index (χ3v) is 6.33. The largest absolute Gasteiger partial charge is 0.454 e. The molecule has 0 saturated carbocycles. The molecule has 0 unspecified atom stereocenters. The summed E-state index contributed by atoms with van der Waals surface area (Å²) in [4.78, 5) is 23.8. The number of nitrogens with zero attached hydrogens (tertiary/aromatic N) is 3. The number of hydrogen-bond donors (Lipinski definition) is 1. The van der Waals surface area contributed by atoms with E-state index in [2.05, 4.69) is 20.2 Å². The van der Waals surface area contributed by atoms with Crippen molar-refractivity contribution in [3.05, 3.63) is 88.5 Å². The maximum atomic E-state index is 14.8. The average Bonchev–Trinajstić information content (AvgIpc) is 2.90. The summed E-state index contributed by atoms with van der Waals surface area (Å²) in [6.45, 7) is 3.60. The first-order valence-electron chi connectivity index (χ1n) is 11.9. The number of ether oxygens (including phenoxy) is 2. The molecular formula is C27H21ClF4N4O3. The molecule has 1 amide bonds. The zero-order chi connectivity index (χ0) is 27.6. The molecule has 3 aromatic carbocycles. The Balaban J connectivity index is 1.28. The van der Waals surface area contributed by atoms with Gasteiger partial charge in [-0.25, -0.2) is 9.37 Å². The fraction of sp³-hybridized carbons (Fsp3) is 0.222. The van der Waals surface area contributed by atoms with E-state index < -0.39 is 28.5 Å². The topological polar surface area (TPSA) is 76.6 Å². The van der Waals surface area contributed by atoms with E-state index in [0.29, 0.717) is 42.6 Å². The molecule has 0 atom stereocenters. The van der Waals surface area contributed by atoms with Crippen LogP contribution in [0.15, 0.2) is 60.8 Å². The van der Waals surface area contributed by atoms with Crippen molar-refractivity contribution in [1.82, 2.24) is 14.9 Å². The maximum Gasteiger partial charge on any atom is 0.417 e. The molecule has 0 spiro atoms. The van der Waals surface area contributed by atoms with Gasteiger partial charge >= 0.3 is 6.18 Å². The fourth-order valence-electron chi connectivity index (χ4n) is 4.03. The molecule has 0 bridgehead atoms. The smallest absolute Gasteiger partial charge is 0.417 e. The first-order valence-corrected chi connectivity index (χ1v) is 12.2. The highest BCUT2D eigenvalue weighted by Crippen LogP contribution is 2.35. The summed E-state index contributed by atoms with van der Waals surface area (Å²) >= 11 is 5.60. The number of nitrogens with one attached hydrogen (secondary N) is 1. The van der Waals surface area contributed by atoms with Gasteiger partial charge in [-0.1, -0.05) is 11.6 Å². The van der Waals surface area contributed by atoms with E-state index in [-0.39, 0.29) is 17.0 Å². The highest BCUT2D eigenvalue weighted by atomic mass is 35.5. The van der Waals surface area contributed by atoms with Crippen LogP contribution < -0.4 is 10.1 Å². The molecule has 1 N–H and O–H groups in total. The van der Waals surface area contributed by atoms with Gasteiger partial charge in [0.2, 0.25) is 0 Å². The van der Waals surface area contributed by atoms with Crippen molar-refractivity contribution < 1.29 is 31.8 Å². The maximum absolute atomic E-state index is 14.8. The quantitative estimate of drug-likeness (QED) is 0.278. The zero-order valence-corrected chi connectivity index (χ0v) is 21.0. The standard InChI is InChI=1S/C27H21ClF4N4O3/c28-21-4-1-16(11-20(21)27(30,31)32)26(37)35-17-2-6-25(22(29)12-17)39-19-3-5-23-24(13-19)34-18(14-33-23)15-36-7-9-38-10-8-36/h1-6,11-14H,7-10,15H2,(H,35,37). The molecule has 0 aliphatic carbocycles. The molecule has 12 heteroatoms. The molecule has 1 aliphatic heterocycles. The molecule has 0 radical (unpaired) electrons. The van der Waals surface area contributed by atoms with Crippen molar-refractivity contribution in [2.24, 2.45) is 0 Å². The van der Waals surface area contributed by atoms with Gasteiger partial charge in [-0.3, -0.25) is 14.7 Å². The molecule has 202 valence electrons. The third kappa shape index (κ3) is 6.44. The minimum absolute atomic E-state index is 0.0329. The predicted octanol–water partition coefficient (Wildman–Crippen LogP) is 6.32. The minimum Gasteiger partial charge on any atom is -0.454 e. The lowest BCUT2D eigenvalue weighted by atomic mass is 10.1. The van der Waals surface area contributed by atoms with Gasteiger partial charge in [-0.15, -0.1) is 0 Å². The van der Waals surface area contributed by atoms with Crippen molar-refractivity contribution in [3.63, 3.8) is 0 Å². The molecule has 5 rings (SSSR count). The number of carbonyl (C=O) groups is 1. The second kappa shape index (κ2) is 11.1. The Bertz CT molecular complexity index is 1530. The lowest BCUT2D eigenvalue weighted by Crippen LogP contribution is -2.35. The van der Waals surface area contributed by atoms with Crippen LogP contribution in [0.4, 0.5) is 23.2 Å². The Morgan fingerprint density at radius 3 is 2.59 bits per heavy atom. The number of alkyl halides is 3. The van der Waals surface area contributed by atoms with Crippen LogP contribution in [-0.2, 0) is 17.5 Å². The Kier molecular flexibility index (Phi) is 7.65. The van der Waals surface area contributed by atoms with E-state index in [1.807, 2.05) is 0 Å². The summed E-state index contributed by atoms with van der Waals surface area (Å²) in [6, 6.07) is 11.5. The Morgan fingerprint density at radius 2 is 1.85 bits per heavy atom. The second-order valence-electron chi connectivity index (χ2n) is 8.79. The van der Waals surface area contributed by atoms with Gasteiger partial charge in [0.1, 0.15) is 5.75 Å². The normalized spacial score (nSPS) is 14.4. The van der Waals surface area contributed by atoms with Gasteiger partial charge in [-0.05, 0) is 42.5 Å². The summed E-state index contributed by atoms with van der Waals surface area (Å²) in [5.41, 5.74) is 0.644. The van der Waals surface area contributed by atoms with Crippen LogP contribution in [0, 0.1) is 5.82 Å². The number of aromatic nitrogens is 2. The predicted molar refractivity (Wildman–Crippen MR) is 137 cm³/mol. The minimum atomic E-state index is -4.73. The summed E-state index contributed by atoms with van der Waals surface area (Å²) in [5, 5.41) is 1.85. The summed E-state index contributed by atoms with van der Waals surface area (Å²) in [6.07, 6.45) is -3.00. The third-order valence-electron chi connectivity index (χ3n) is 6.00. The van der Waals surface area contributed by atoms with Crippen molar-refractivity contribution in [1.29, 1.82) is 0 Å². The molecule has 2 heterocycles. The number of amides is 1. The SMILES string of the molecule is O=C(Nc1ccc(Oc2ccc3ncc(CN4CCOCC4)nc3c2)c(F)c1)c1ccc(Cl)c(C(F)(F)F)c1. The number of fused-ring (bicyclic) bond motifs is 1. The fourth-order valence-corrected chi connectivity index (χ4v) is 4.26. The molecular weight excluding hydrogens is 540 g/mol. The average molecular weight is 561 g/mol. The van der Waals surface area contributed by atoms with Crippen molar-refractivity contribution in [2.45, 2.75) is 12.7 Å². The van der Waals surface area contributed by atoms with Gasteiger partial charge in [0.15, 0.2) is 11.6 Å². The van der Waals surface area contributed by atoms with E-state index in [9.17, 15) is 22.4 Å². The number of rotatable bonds is 6. The number of carbonyl (C=O) groups excluding carboxylic acids is 1. The lowest BCUT2D eigenvalue weighted by molar-refractivity contribution is -0.137. The van der Waals surface area contributed by atoms with Crippen LogP contribution in [-0.4, -0.2) is 47.1 Å². The monoisotopic (exact) mass is 560 g/mol. The summed E-state index contributed by atoms with van der Waals surface area (Å²) < 4.78 is 65.2. The highest BCUT2D eigenvalue weighted by molar-refractivity contribution is 6.31. The summed E-state index contributed by atoms with van der Waals surface area (Å²) in [5.74, 6) is -1.43. The summed E-state index contributed by atoms with van der Waals surface area (Å²) in [7, 11) is 0. The molecule has 39 heavy (non-hydrogen) atoms. The number of benzene rings is 3. The van der Waals surface area contributed by atoms with Gasteiger partial charge in [0.25, 0.3) is 5.91 Å². The zero-order valence-electron chi connectivity index (χ0n) is 20.3. The van der Waals surface area contributed by atoms with Gasteiger partial charge < -0.3 is 14.8 Å². The van der Waals surface area contributed by atoms with Gasteiger partial charge in [0, 0.05) is 43.0 Å². The van der Waals surface area contributed by atoms with E-state index in [1.54, 1.807) is 24.4 Å². The first-order chi connectivity index (χ1) is 18.7. The van der Waals surface area contributed by atoms with E-state index in [4.69, 9.17) is 21.1 Å². The molecule has 1 fully saturated rings. The van der Waals surface area contributed by atoms with Gasteiger partial charge in [-0.2, -0.15) is 13.2 Å². The molecule has 1 aliphatic rings. The highest BCUT2D eigenvalue weighted by Gasteiger charge is 2.33. The van der Waals surface area contributed by atoms with E-state index in [1.165, 1.54) is 12.1 Å². The van der Waals surface area contributed by atoms with E-state index in [0.717, 1.165) is 37.0 Å². The first kappa shape index (κ1) is 26.8.